The molecule has 3 aromatic rings. The molecule has 6 heteroatoms. The van der Waals surface area contributed by atoms with Crippen LogP contribution in [0.1, 0.15) is 59.1 Å². The summed E-state index contributed by atoms with van der Waals surface area (Å²) in [5.74, 6) is -0.368. The van der Waals surface area contributed by atoms with Crippen LogP contribution in [0.15, 0.2) is 54.0 Å². The van der Waals surface area contributed by atoms with E-state index in [4.69, 9.17) is 4.74 Å². The number of rotatable bonds is 10. The Bertz CT molecular complexity index is 1170. The molecule has 1 aromatic heterocycles. The fraction of sp³-hybridized carbons (Fsp3) is 0.296. The van der Waals surface area contributed by atoms with Crippen LogP contribution < -0.4 is 5.32 Å². The highest BCUT2D eigenvalue weighted by molar-refractivity contribution is 7.11. The number of nitrogens with one attached hydrogen (secondary N) is 1. The molecule has 0 spiro atoms. The van der Waals surface area contributed by atoms with E-state index in [0.717, 1.165) is 42.5 Å². The number of hydrogen-bond acceptors (Lipinski definition) is 6. The first-order valence-electron chi connectivity index (χ1n) is 11.2. The van der Waals surface area contributed by atoms with Crippen LogP contribution in [0.2, 0.25) is 0 Å². The Hall–Kier alpha value is -3.43. The average Bonchev–Trinajstić information content (AvgIpc) is 3.29. The number of anilines is 1. The SMILES string of the molecule is CCCCCCOC(=O)c1ccccc1NC=C(C#N)c1nc(-c2ccc(C)cc2C)cs1. The molecule has 3 rings (SSSR count). The number of nitrogens with zero attached hydrogens (tertiary/aromatic N) is 2. The Morgan fingerprint density at radius 2 is 2.00 bits per heavy atom. The van der Waals surface area contributed by atoms with Crippen LogP contribution in [0.3, 0.4) is 0 Å². The van der Waals surface area contributed by atoms with Crippen LogP contribution >= 0.6 is 11.3 Å². The number of nitriles is 1. The molecule has 0 bridgehead atoms. The quantitative estimate of drug-likeness (QED) is 0.198. The van der Waals surface area contributed by atoms with Crippen LogP contribution in [0, 0.1) is 25.2 Å². The molecule has 0 aliphatic carbocycles. The molecule has 170 valence electrons. The van der Waals surface area contributed by atoms with Gasteiger partial charge in [0.05, 0.1) is 23.6 Å². The van der Waals surface area contributed by atoms with Gasteiger partial charge in [0.1, 0.15) is 16.6 Å². The first-order chi connectivity index (χ1) is 16.0. The predicted octanol–water partition coefficient (Wildman–Crippen LogP) is 7.14. The highest BCUT2D eigenvalue weighted by Crippen LogP contribution is 2.29. The third-order valence-electron chi connectivity index (χ3n) is 5.26. The predicted molar refractivity (Wildman–Crippen MR) is 135 cm³/mol. The van der Waals surface area contributed by atoms with E-state index < -0.39 is 0 Å². The summed E-state index contributed by atoms with van der Waals surface area (Å²) in [5, 5.41) is 15.4. The molecule has 0 unspecified atom stereocenters. The number of carbonyl (C=O) groups excluding carboxylic acids is 1. The molecular weight excluding hydrogens is 430 g/mol. The summed E-state index contributed by atoms with van der Waals surface area (Å²) < 4.78 is 5.43. The second kappa shape index (κ2) is 12.0. The van der Waals surface area contributed by atoms with Crippen molar-refractivity contribution in [1.82, 2.24) is 4.98 Å². The van der Waals surface area contributed by atoms with Gasteiger partial charge in [-0.25, -0.2) is 9.78 Å². The summed E-state index contributed by atoms with van der Waals surface area (Å²) >= 11 is 1.42. The Morgan fingerprint density at radius 3 is 2.76 bits per heavy atom. The molecule has 0 amide bonds. The first kappa shape index (κ1) is 24.2. The van der Waals surface area contributed by atoms with Gasteiger partial charge in [-0.3, -0.25) is 0 Å². The fourth-order valence-electron chi connectivity index (χ4n) is 3.47. The lowest BCUT2D eigenvalue weighted by Gasteiger charge is -2.09. The summed E-state index contributed by atoms with van der Waals surface area (Å²) in [6, 6.07) is 15.6. The van der Waals surface area contributed by atoms with E-state index in [9.17, 15) is 10.1 Å². The molecule has 1 N–H and O–H groups in total. The minimum Gasteiger partial charge on any atom is -0.462 e. The van der Waals surface area contributed by atoms with Crippen LogP contribution in [0.5, 0.6) is 0 Å². The molecule has 1 heterocycles. The summed E-state index contributed by atoms with van der Waals surface area (Å²) in [6.45, 7) is 6.68. The zero-order valence-corrected chi connectivity index (χ0v) is 20.2. The number of thiazole rings is 1. The van der Waals surface area contributed by atoms with E-state index in [1.807, 2.05) is 11.4 Å². The lowest BCUT2D eigenvalue weighted by Crippen LogP contribution is -2.09. The fourth-order valence-corrected chi connectivity index (χ4v) is 4.26. The van der Waals surface area contributed by atoms with Crippen LogP contribution in [-0.2, 0) is 4.74 Å². The Labute approximate surface area is 199 Å². The number of allylic oxidation sites excluding steroid dienone is 1. The van der Waals surface area contributed by atoms with Crippen molar-refractivity contribution in [3.63, 3.8) is 0 Å². The van der Waals surface area contributed by atoms with Gasteiger partial charge in [0, 0.05) is 17.1 Å². The third kappa shape index (κ3) is 6.53. The van der Waals surface area contributed by atoms with Crippen molar-refractivity contribution < 1.29 is 9.53 Å². The van der Waals surface area contributed by atoms with E-state index in [-0.39, 0.29) is 5.97 Å². The smallest absolute Gasteiger partial charge is 0.340 e. The summed E-state index contributed by atoms with van der Waals surface area (Å²) in [4.78, 5) is 17.2. The number of aryl methyl sites for hydroxylation is 2. The minimum absolute atomic E-state index is 0.368. The second-order valence-electron chi connectivity index (χ2n) is 7.91. The van der Waals surface area contributed by atoms with Crippen molar-refractivity contribution in [3.8, 4) is 17.3 Å². The molecule has 33 heavy (non-hydrogen) atoms. The summed E-state index contributed by atoms with van der Waals surface area (Å²) in [6.07, 6.45) is 5.78. The number of carbonyl (C=O) groups is 1. The zero-order chi connectivity index (χ0) is 23.6. The third-order valence-corrected chi connectivity index (χ3v) is 6.14. The molecule has 0 saturated carbocycles. The van der Waals surface area contributed by atoms with E-state index in [2.05, 4.69) is 55.3 Å². The van der Waals surface area contributed by atoms with Crippen molar-refractivity contribution in [2.45, 2.75) is 46.5 Å². The van der Waals surface area contributed by atoms with Crippen molar-refractivity contribution >= 4 is 28.6 Å². The van der Waals surface area contributed by atoms with E-state index in [1.54, 1.807) is 24.4 Å². The van der Waals surface area contributed by atoms with Gasteiger partial charge in [0.15, 0.2) is 0 Å². The van der Waals surface area contributed by atoms with Crippen LogP contribution in [0.4, 0.5) is 5.69 Å². The maximum Gasteiger partial charge on any atom is 0.340 e. The molecule has 0 saturated heterocycles. The number of para-hydroxylation sites is 1. The Kier molecular flexibility index (Phi) is 8.79. The van der Waals surface area contributed by atoms with Gasteiger partial charge < -0.3 is 10.1 Å². The second-order valence-corrected chi connectivity index (χ2v) is 8.77. The summed E-state index contributed by atoms with van der Waals surface area (Å²) in [5.41, 5.74) is 5.69. The number of benzene rings is 2. The van der Waals surface area contributed by atoms with Crippen molar-refractivity contribution in [2.24, 2.45) is 0 Å². The average molecular weight is 460 g/mol. The number of aromatic nitrogens is 1. The number of unbranched alkanes of at least 4 members (excludes halogenated alkanes) is 3. The normalized spacial score (nSPS) is 11.2. The van der Waals surface area contributed by atoms with E-state index >= 15 is 0 Å². The first-order valence-corrected chi connectivity index (χ1v) is 12.1. The molecule has 2 aromatic carbocycles. The number of esters is 1. The van der Waals surface area contributed by atoms with Crippen LogP contribution in [-0.4, -0.2) is 17.6 Å². The zero-order valence-electron chi connectivity index (χ0n) is 19.4. The van der Waals surface area contributed by atoms with Crippen molar-refractivity contribution in [2.75, 3.05) is 11.9 Å². The standard InChI is InChI=1S/C27H29N3O2S/c1-4-5-6-9-14-32-27(31)23-10-7-8-11-24(23)29-17-21(16-28)26-30-25(18-33-26)22-13-12-19(2)15-20(22)3/h7-8,10-13,15,17-18,29H,4-6,9,14H2,1-3H3. The van der Waals surface area contributed by atoms with Gasteiger partial charge in [-0.05, 0) is 38.0 Å². The maximum absolute atomic E-state index is 12.5. The molecule has 0 fully saturated rings. The monoisotopic (exact) mass is 459 g/mol. The molecule has 0 aliphatic heterocycles. The highest BCUT2D eigenvalue weighted by Gasteiger charge is 2.14. The Balaban J connectivity index is 1.73. The highest BCUT2D eigenvalue weighted by atomic mass is 32.1. The largest absolute Gasteiger partial charge is 0.462 e. The molecule has 0 aliphatic rings. The van der Waals surface area contributed by atoms with Gasteiger partial charge in [-0.1, -0.05) is 62.1 Å². The van der Waals surface area contributed by atoms with Crippen LogP contribution in [0.25, 0.3) is 16.8 Å². The molecule has 0 atom stereocenters. The topological polar surface area (TPSA) is 75.0 Å². The van der Waals surface area contributed by atoms with E-state index in [1.165, 1.54) is 16.9 Å². The van der Waals surface area contributed by atoms with Gasteiger partial charge in [0.2, 0.25) is 0 Å². The number of ether oxygens (including phenoxy) is 1. The van der Waals surface area contributed by atoms with E-state index in [0.29, 0.717) is 28.4 Å². The number of hydrogen-bond donors (Lipinski definition) is 1. The van der Waals surface area contributed by atoms with Gasteiger partial charge in [-0.2, -0.15) is 5.26 Å². The Morgan fingerprint density at radius 1 is 1.18 bits per heavy atom. The maximum atomic E-state index is 12.5. The van der Waals surface area contributed by atoms with Gasteiger partial charge in [0.25, 0.3) is 0 Å². The lowest BCUT2D eigenvalue weighted by molar-refractivity contribution is 0.0499. The lowest BCUT2D eigenvalue weighted by atomic mass is 10.0. The van der Waals surface area contributed by atoms with Crippen molar-refractivity contribution in [3.05, 3.63) is 75.7 Å². The van der Waals surface area contributed by atoms with Gasteiger partial charge in [-0.15, -0.1) is 11.3 Å². The molecule has 0 radical (unpaired) electrons. The molecular formula is C27H29N3O2S. The summed E-state index contributed by atoms with van der Waals surface area (Å²) in [7, 11) is 0. The minimum atomic E-state index is -0.368. The van der Waals surface area contributed by atoms with Gasteiger partial charge >= 0.3 is 5.97 Å². The van der Waals surface area contributed by atoms with Crippen molar-refractivity contribution in [1.29, 1.82) is 5.26 Å². The molecule has 5 nitrogen and oxygen atoms in total.